The van der Waals surface area contributed by atoms with E-state index in [-0.39, 0.29) is 0 Å². The Morgan fingerprint density at radius 2 is 1.50 bits per heavy atom. The first-order valence-corrected chi connectivity index (χ1v) is 5.84. The van der Waals surface area contributed by atoms with E-state index in [1.54, 1.807) is 0 Å². The minimum absolute atomic E-state index is 0.737. The maximum Gasteiger partial charge on any atom is 0.174 e. The molecule has 0 aromatic carbocycles. The molecule has 7 atom stereocenters. The average molecular weight is 300 g/mol. The van der Waals surface area contributed by atoms with Crippen LogP contribution in [0.3, 0.4) is 0 Å². The summed E-state index contributed by atoms with van der Waals surface area (Å²) in [5.41, 5.74) is -6.00. The standard InChI is InChI=1S/C10H21NO9/c12-1-4(2-13)11-10(20)7(17)5(15)6(16)9(19,3-14)8(10)18/h4-8,11-20H,1-3H2/t5-,6-,7+,8-,9-,10+/m1/s1/i3D/t3?,5-,6-,7+,8-,9-,10+. The van der Waals surface area contributed by atoms with Crippen LogP contribution in [0.1, 0.15) is 1.37 Å². The molecule has 0 radical (unpaired) electrons. The Kier molecular flexibility index (Phi) is 4.92. The fourth-order valence-corrected chi connectivity index (χ4v) is 2.17. The van der Waals surface area contributed by atoms with E-state index in [0.29, 0.717) is 0 Å². The van der Waals surface area contributed by atoms with E-state index in [9.17, 15) is 35.7 Å². The lowest BCUT2D eigenvalue weighted by Crippen LogP contribution is -2.82. The highest BCUT2D eigenvalue weighted by Gasteiger charge is 2.65. The van der Waals surface area contributed by atoms with Crippen molar-refractivity contribution in [2.75, 3.05) is 19.8 Å². The first kappa shape index (κ1) is 16.0. The molecule has 0 aromatic rings. The Hall–Kier alpha value is -0.400. The SMILES string of the molecule is [2H]C(O)[C@@]1(O)[C@H](O)[C@@H](O)[C@H](O)[C@@](O)(NC(CO)CO)[C@@H]1O. The number of hydrogen-bond acceptors (Lipinski definition) is 10. The molecule has 0 aliphatic heterocycles. The Labute approximate surface area is 115 Å². The van der Waals surface area contributed by atoms with Crippen LogP contribution in [-0.2, 0) is 0 Å². The quantitative estimate of drug-likeness (QED) is 0.218. The second-order valence-electron chi connectivity index (χ2n) is 4.83. The van der Waals surface area contributed by atoms with Crippen molar-refractivity contribution in [3.63, 3.8) is 0 Å². The van der Waals surface area contributed by atoms with Gasteiger partial charge in [0.2, 0.25) is 0 Å². The van der Waals surface area contributed by atoms with Crippen LogP contribution in [0.25, 0.3) is 0 Å². The van der Waals surface area contributed by atoms with Gasteiger partial charge >= 0.3 is 0 Å². The normalized spacial score (nSPS) is 48.2. The van der Waals surface area contributed by atoms with Crippen LogP contribution in [0.15, 0.2) is 0 Å². The van der Waals surface area contributed by atoms with Crippen LogP contribution in [0.2, 0.25) is 0 Å². The Balaban J connectivity index is 3.23. The minimum Gasteiger partial charge on any atom is -0.395 e. The second kappa shape index (κ2) is 6.15. The third-order valence-corrected chi connectivity index (χ3v) is 3.51. The Morgan fingerprint density at radius 1 is 1.00 bits per heavy atom. The van der Waals surface area contributed by atoms with Crippen LogP contribution in [0.4, 0.5) is 0 Å². The molecule has 10 nitrogen and oxygen atoms in total. The molecule has 0 saturated heterocycles. The molecule has 1 saturated carbocycles. The number of aliphatic hydroxyl groups is 9. The monoisotopic (exact) mass is 300 g/mol. The van der Waals surface area contributed by atoms with Gasteiger partial charge in [0.05, 0.1) is 27.2 Å². The highest BCUT2D eigenvalue weighted by molar-refractivity contribution is 5.14. The van der Waals surface area contributed by atoms with Crippen molar-refractivity contribution in [1.82, 2.24) is 5.32 Å². The van der Waals surface area contributed by atoms with Gasteiger partial charge < -0.3 is 46.0 Å². The van der Waals surface area contributed by atoms with Crippen LogP contribution in [-0.4, -0.2) is 108 Å². The molecular weight excluding hydrogens is 278 g/mol. The van der Waals surface area contributed by atoms with Crippen LogP contribution in [0, 0.1) is 0 Å². The number of hydrogen-bond donors (Lipinski definition) is 10. The lowest BCUT2D eigenvalue weighted by molar-refractivity contribution is -0.321. The van der Waals surface area contributed by atoms with Crippen LogP contribution in [0.5, 0.6) is 0 Å². The van der Waals surface area contributed by atoms with Crippen molar-refractivity contribution in [1.29, 1.82) is 0 Å². The zero-order valence-electron chi connectivity index (χ0n) is 11.4. The van der Waals surface area contributed by atoms with Gasteiger partial charge in [-0.05, 0) is 0 Å². The fourth-order valence-electron chi connectivity index (χ4n) is 2.17. The predicted octanol–water partition coefficient (Wildman–Crippen LogP) is -6.20. The lowest BCUT2D eigenvalue weighted by atomic mass is 9.71. The van der Waals surface area contributed by atoms with E-state index >= 15 is 0 Å². The van der Waals surface area contributed by atoms with Crippen molar-refractivity contribution in [2.45, 2.75) is 41.8 Å². The molecule has 20 heavy (non-hydrogen) atoms. The van der Waals surface area contributed by atoms with Gasteiger partial charge in [0.25, 0.3) is 0 Å². The molecule has 1 fully saturated rings. The van der Waals surface area contributed by atoms with E-state index in [1.165, 1.54) is 0 Å². The van der Waals surface area contributed by atoms with Crippen molar-refractivity contribution in [3.05, 3.63) is 0 Å². The van der Waals surface area contributed by atoms with Gasteiger partial charge in [-0.25, -0.2) is 0 Å². The fraction of sp³-hybridized carbons (Fsp3) is 1.00. The highest BCUT2D eigenvalue weighted by Crippen LogP contribution is 2.35. The summed E-state index contributed by atoms with van der Waals surface area (Å²) < 4.78 is 7.09. The van der Waals surface area contributed by atoms with Gasteiger partial charge in [0.1, 0.15) is 30.0 Å². The Morgan fingerprint density at radius 3 is 1.90 bits per heavy atom. The molecular formula is C10H21NO9. The first-order valence-electron chi connectivity index (χ1n) is 6.41. The molecule has 0 amide bonds. The zero-order chi connectivity index (χ0) is 16.6. The van der Waals surface area contributed by atoms with Gasteiger partial charge in [0.15, 0.2) is 5.72 Å². The van der Waals surface area contributed by atoms with Crippen LogP contribution >= 0.6 is 0 Å². The summed E-state index contributed by atoms with van der Waals surface area (Å²) >= 11 is 0. The van der Waals surface area contributed by atoms with Crippen molar-refractivity contribution in [3.8, 4) is 0 Å². The smallest absolute Gasteiger partial charge is 0.174 e. The molecule has 1 unspecified atom stereocenters. The molecule has 10 heteroatoms. The van der Waals surface area contributed by atoms with Gasteiger partial charge in [-0.1, -0.05) is 0 Å². The third-order valence-electron chi connectivity index (χ3n) is 3.51. The summed E-state index contributed by atoms with van der Waals surface area (Å²) in [4.78, 5) is 0. The summed E-state index contributed by atoms with van der Waals surface area (Å²) in [6, 6.07) is -1.26. The topological polar surface area (TPSA) is 194 Å². The molecule has 1 aliphatic carbocycles. The summed E-state index contributed by atoms with van der Waals surface area (Å²) in [6.07, 6.45) is -9.33. The number of nitrogens with one attached hydrogen (secondary N) is 1. The van der Waals surface area contributed by atoms with E-state index < -0.39 is 61.6 Å². The largest absolute Gasteiger partial charge is 0.395 e. The van der Waals surface area contributed by atoms with Crippen molar-refractivity contribution < 1.29 is 47.3 Å². The summed E-state index contributed by atoms with van der Waals surface area (Å²) in [5.74, 6) is 0. The van der Waals surface area contributed by atoms with Gasteiger partial charge in [-0.3, -0.25) is 5.32 Å². The maximum absolute atomic E-state index is 10.3. The summed E-state index contributed by atoms with van der Waals surface area (Å²) in [6.45, 7) is -4.00. The zero-order valence-corrected chi connectivity index (χ0v) is 10.4. The molecule has 0 heterocycles. The first-order chi connectivity index (χ1) is 9.57. The average Bonchev–Trinajstić information content (AvgIpc) is 2.46. The third kappa shape index (κ3) is 2.55. The maximum atomic E-state index is 10.3. The summed E-state index contributed by atoms with van der Waals surface area (Å²) in [5, 5.41) is 88.5. The van der Waals surface area contributed by atoms with Gasteiger partial charge in [-0.2, -0.15) is 0 Å². The van der Waals surface area contributed by atoms with E-state index in [4.69, 9.17) is 11.6 Å². The highest BCUT2D eigenvalue weighted by atomic mass is 16.5. The molecule has 0 bridgehead atoms. The molecule has 1 aliphatic rings. The molecule has 1 rings (SSSR count). The molecule has 0 spiro atoms. The number of aliphatic hydroxyl groups excluding tert-OH is 7. The van der Waals surface area contributed by atoms with Gasteiger partial charge in [-0.15, -0.1) is 0 Å². The van der Waals surface area contributed by atoms with Gasteiger partial charge in [0, 0.05) is 0 Å². The lowest BCUT2D eigenvalue weighted by Gasteiger charge is -2.53. The second-order valence-corrected chi connectivity index (χ2v) is 4.83. The van der Waals surface area contributed by atoms with Crippen molar-refractivity contribution in [2.24, 2.45) is 0 Å². The van der Waals surface area contributed by atoms with Crippen molar-refractivity contribution >= 4 is 0 Å². The molecule has 10 N–H and O–H groups in total. The van der Waals surface area contributed by atoms with E-state index in [2.05, 4.69) is 0 Å². The van der Waals surface area contributed by atoms with E-state index in [1.807, 2.05) is 5.32 Å². The molecule has 120 valence electrons. The predicted molar refractivity (Wildman–Crippen MR) is 62.1 cm³/mol. The molecule has 0 aromatic heterocycles. The van der Waals surface area contributed by atoms with Crippen LogP contribution < -0.4 is 5.32 Å². The Bertz CT molecular complexity index is 357. The van der Waals surface area contributed by atoms with E-state index in [0.717, 1.165) is 0 Å². The number of rotatable bonds is 5. The minimum atomic E-state index is -3.09. The summed E-state index contributed by atoms with van der Waals surface area (Å²) in [7, 11) is 0.